The van der Waals surface area contributed by atoms with Crippen molar-refractivity contribution in [3.05, 3.63) is 59.2 Å². The summed E-state index contributed by atoms with van der Waals surface area (Å²) in [5.74, 6) is -0.553. The number of benzene rings is 1. The van der Waals surface area contributed by atoms with Gasteiger partial charge in [-0.3, -0.25) is 9.89 Å². The Morgan fingerprint density at radius 1 is 1.18 bits per heavy atom. The molecule has 0 saturated carbocycles. The van der Waals surface area contributed by atoms with Gasteiger partial charge < -0.3 is 25.8 Å². The van der Waals surface area contributed by atoms with Crippen molar-refractivity contribution in [3.8, 4) is 5.88 Å². The van der Waals surface area contributed by atoms with Crippen LogP contribution in [-0.2, 0) is 11.3 Å². The summed E-state index contributed by atoms with van der Waals surface area (Å²) in [6.07, 6.45) is -0.0817. The van der Waals surface area contributed by atoms with Crippen LogP contribution in [0.5, 0.6) is 5.88 Å². The first kappa shape index (κ1) is 23.9. The lowest BCUT2D eigenvalue weighted by molar-refractivity contribution is -0.119. The van der Waals surface area contributed by atoms with Gasteiger partial charge in [-0.1, -0.05) is 12.1 Å². The summed E-state index contributed by atoms with van der Waals surface area (Å²) in [5, 5.41) is 25.0. The first-order valence-corrected chi connectivity index (χ1v) is 10.3. The number of aromatic amines is 1. The van der Waals surface area contributed by atoms with Gasteiger partial charge in [-0.2, -0.15) is 0 Å². The van der Waals surface area contributed by atoms with E-state index in [1.165, 1.54) is 37.3 Å². The van der Waals surface area contributed by atoms with Gasteiger partial charge in [0.15, 0.2) is 11.6 Å². The van der Waals surface area contributed by atoms with Gasteiger partial charge in [0, 0.05) is 25.1 Å². The van der Waals surface area contributed by atoms with Gasteiger partial charge >= 0.3 is 0 Å². The molecule has 0 saturated heterocycles. The topological polar surface area (TPSA) is 124 Å². The van der Waals surface area contributed by atoms with Crippen molar-refractivity contribution in [1.29, 1.82) is 0 Å². The summed E-state index contributed by atoms with van der Waals surface area (Å²) in [4.78, 5) is 15.7. The van der Waals surface area contributed by atoms with Crippen molar-refractivity contribution in [1.82, 2.24) is 20.5 Å². The maximum atomic E-state index is 14.8. The van der Waals surface area contributed by atoms with Gasteiger partial charge in [-0.15, -0.1) is 5.10 Å². The van der Waals surface area contributed by atoms with E-state index >= 15 is 0 Å². The molecular weight excluding hydrogens is 434 g/mol. The predicted molar refractivity (Wildman–Crippen MR) is 119 cm³/mol. The number of aromatic nitrogens is 3. The molecule has 0 fully saturated rings. The summed E-state index contributed by atoms with van der Waals surface area (Å²) in [6.45, 7) is 4.74. The molecule has 0 aliphatic carbocycles. The van der Waals surface area contributed by atoms with Gasteiger partial charge in [-0.25, -0.2) is 13.8 Å². The lowest BCUT2D eigenvalue weighted by Crippen LogP contribution is -2.22. The van der Waals surface area contributed by atoms with E-state index in [1.807, 2.05) is 13.8 Å². The van der Waals surface area contributed by atoms with Crippen LogP contribution < -0.4 is 20.7 Å². The molecule has 1 aromatic carbocycles. The Labute approximate surface area is 189 Å². The standard InChI is InChI=1S/C22H26F2N6O3/c1-12(2)33-20-9-19(29-30-20)27-22-17(24)8-15(10-25-13(3)32)21(28-22)26-18(11-31)14-4-6-16(23)7-5-14/h4-9,12,18,31H,10-11H2,1-3H3,(H,25,32)(H3,26,27,28,29,30). The third kappa shape index (κ3) is 6.62. The number of carbonyl (C=O) groups is 1. The highest BCUT2D eigenvalue weighted by Gasteiger charge is 2.18. The molecule has 33 heavy (non-hydrogen) atoms. The molecule has 0 spiro atoms. The molecule has 3 aromatic rings. The maximum Gasteiger partial charge on any atom is 0.234 e. The van der Waals surface area contributed by atoms with Crippen LogP contribution in [0.1, 0.15) is 37.9 Å². The summed E-state index contributed by atoms with van der Waals surface area (Å²) >= 11 is 0. The second-order valence-electron chi connectivity index (χ2n) is 7.58. The molecule has 2 aromatic heterocycles. The van der Waals surface area contributed by atoms with Crippen LogP contribution in [0, 0.1) is 11.6 Å². The molecular formula is C22H26F2N6O3. The monoisotopic (exact) mass is 460 g/mol. The van der Waals surface area contributed by atoms with E-state index in [4.69, 9.17) is 4.74 Å². The Bertz CT molecular complexity index is 1090. The van der Waals surface area contributed by atoms with Crippen LogP contribution in [0.3, 0.4) is 0 Å². The van der Waals surface area contributed by atoms with Crippen molar-refractivity contribution < 1.29 is 23.4 Å². The SMILES string of the molecule is CC(=O)NCc1cc(F)c(Nc2cc(OC(C)C)n[nH]2)nc1NC(CO)c1ccc(F)cc1. The average molecular weight is 460 g/mol. The Morgan fingerprint density at radius 2 is 1.91 bits per heavy atom. The Morgan fingerprint density at radius 3 is 2.55 bits per heavy atom. The minimum Gasteiger partial charge on any atom is -0.474 e. The first-order valence-electron chi connectivity index (χ1n) is 10.3. The Balaban J connectivity index is 1.90. The lowest BCUT2D eigenvalue weighted by Gasteiger charge is -2.21. The van der Waals surface area contributed by atoms with Crippen LogP contribution in [0.2, 0.25) is 0 Å². The molecule has 176 valence electrons. The fourth-order valence-electron chi connectivity index (χ4n) is 2.99. The maximum absolute atomic E-state index is 14.8. The molecule has 0 bridgehead atoms. The molecule has 9 nitrogen and oxygen atoms in total. The van der Waals surface area contributed by atoms with E-state index in [1.54, 1.807) is 6.07 Å². The molecule has 3 rings (SSSR count). The fraction of sp³-hybridized carbons (Fsp3) is 0.318. The van der Waals surface area contributed by atoms with Crippen LogP contribution in [-0.4, -0.2) is 38.9 Å². The highest BCUT2D eigenvalue weighted by Crippen LogP contribution is 2.27. The predicted octanol–water partition coefficient (Wildman–Crippen LogP) is 3.40. The molecule has 1 unspecified atom stereocenters. The van der Waals surface area contributed by atoms with Gasteiger partial charge in [0.05, 0.1) is 18.8 Å². The highest BCUT2D eigenvalue weighted by molar-refractivity contribution is 5.73. The first-order chi connectivity index (χ1) is 15.7. The summed E-state index contributed by atoms with van der Waals surface area (Å²) < 4.78 is 33.6. The van der Waals surface area contributed by atoms with Crippen LogP contribution in [0.15, 0.2) is 36.4 Å². The van der Waals surface area contributed by atoms with Crippen LogP contribution in [0.25, 0.3) is 0 Å². The van der Waals surface area contributed by atoms with E-state index in [2.05, 4.69) is 31.1 Å². The number of halogens is 2. The van der Waals surface area contributed by atoms with Crippen molar-refractivity contribution >= 4 is 23.4 Å². The average Bonchev–Trinajstić information content (AvgIpc) is 3.19. The molecule has 0 aliphatic rings. The number of H-pyrrole nitrogens is 1. The third-order valence-corrected chi connectivity index (χ3v) is 4.51. The third-order valence-electron chi connectivity index (χ3n) is 4.51. The molecule has 5 N–H and O–H groups in total. The minimum atomic E-state index is -0.663. The van der Waals surface area contributed by atoms with Gasteiger partial charge in [0.2, 0.25) is 11.8 Å². The van der Waals surface area contributed by atoms with Crippen LogP contribution in [0.4, 0.5) is 26.2 Å². The molecule has 2 heterocycles. The molecule has 11 heteroatoms. The number of nitrogens with one attached hydrogen (secondary N) is 4. The number of carbonyl (C=O) groups excluding carboxylic acids is 1. The number of rotatable bonds is 10. The zero-order chi connectivity index (χ0) is 24.0. The number of hydrogen-bond acceptors (Lipinski definition) is 7. The number of pyridine rings is 1. The van der Waals surface area contributed by atoms with Crippen molar-refractivity contribution in [2.24, 2.45) is 0 Å². The fourth-order valence-corrected chi connectivity index (χ4v) is 2.99. The highest BCUT2D eigenvalue weighted by atomic mass is 19.1. The van der Waals surface area contributed by atoms with Crippen molar-refractivity contribution in [2.75, 3.05) is 17.2 Å². The number of hydrogen-bond donors (Lipinski definition) is 5. The minimum absolute atomic E-state index is 0.0138. The number of aliphatic hydroxyl groups excluding tert-OH is 1. The van der Waals surface area contributed by atoms with E-state index < -0.39 is 17.7 Å². The van der Waals surface area contributed by atoms with E-state index in [0.717, 1.165) is 0 Å². The largest absolute Gasteiger partial charge is 0.474 e. The number of aliphatic hydroxyl groups is 1. The Hall–Kier alpha value is -3.73. The molecule has 1 amide bonds. The second kappa shape index (κ2) is 10.7. The van der Waals surface area contributed by atoms with E-state index in [-0.39, 0.29) is 36.8 Å². The molecule has 0 radical (unpaired) electrons. The zero-order valence-electron chi connectivity index (χ0n) is 18.4. The van der Waals surface area contributed by atoms with Gasteiger partial charge in [0.1, 0.15) is 17.5 Å². The van der Waals surface area contributed by atoms with Gasteiger partial charge in [0.25, 0.3) is 0 Å². The molecule has 1 atom stereocenters. The van der Waals surface area contributed by atoms with Crippen LogP contribution >= 0.6 is 0 Å². The zero-order valence-corrected chi connectivity index (χ0v) is 18.4. The molecule has 0 aliphatic heterocycles. The smallest absolute Gasteiger partial charge is 0.234 e. The Kier molecular flexibility index (Phi) is 7.78. The van der Waals surface area contributed by atoms with E-state index in [0.29, 0.717) is 22.8 Å². The van der Waals surface area contributed by atoms with E-state index in [9.17, 15) is 18.7 Å². The number of ether oxygens (including phenoxy) is 1. The summed E-state index contributed by atoms with van der Waals surface area (Å²) in [6, 6.07) is 7.75. The quantitative estimate of drug-likeness (QED) is 0.314. The summed E-state index contributed by atoms with van der Waals surface area (Å²) in [7, 11) is 0. The number of anilines is 3. The van der Waals surface area contributed by atoms with Crippen molar-refractivity contribution in [3.63, 3.8) is 0 Å². The summed E-state index contributed by atoms with van der Waals surface area (Å²) in [5.41, 5.74) is 0.969. The lowest BCUT2D eigenvalue weighted by atomic mass is 10.1. The second-order valence-corrected chi connectivity index (χ2v) is 7.58. The normalized spacial score (nSPS) is 11.8. The number of nitrogens with zero attached hydrogens (tertiary/aromatic N) is 2. The van der Waals surface area contributed by atoms with Gasteiger partial charge in [-0.05, 0) is 37.6 Å². The van der Waals surface area contributed by atoms with Crippen molar-refractivity contribution in [2.45, 2.75) is 39.5 Å². The number of amides is 1.